The molecule has 0 saturated heterocycles. The molecule has 0 bridgehead atoms. The van der Waals surface area contributed by atoms with Gasteiger partial charge in [-0.2, -0.15) is 0 Å². The van der Waals surface area contributed by atoms with Crippen molar-refractivity contribution in [3.8, 4) is 11.5 Å². The number of unbranched alkanes of at least 4 members (excludes halogenated alkanes) is 4. The highest BCUT2D eigenvalue weighted by molar-refractivity contribution is 5.43. The van der Waals surface area contributed by atoms with Crippen LogP contribution in [-0.2, 0) is 13.2 Å². The van der Waals surface area contributed by atoms with E-state index in [0.29, 0.717) is 17.1 Å². The molecule has 2 aromatic rings. The quantitative estimate of drug-likeness (QED) is 0.510. The smallest absolute Gasteiger partial charge is 0.161 e. The van der Waals surface area contributed by atoms with Gasteiger partial charge in [0.25, 0.3) is 0 Å². The van der Waals surface area contributed by atoms with Gasteiger partial charge in [-0.15, -0.1) is 0 Å². The van der Waals surface area contributed by atoms with Crippen molar-refractivity contribution in [1.29, 1.82) is 0 Å². The highest BCUT2D eigenvalue weighted by atomic mass is 19.1. The van der Waals surface area contributed by atoms with Gasteiger partial charge in [0.2, 0.25) is 0 Å². The van der Waals surface area contributed by atoms with Gasteiger partial charge in [-0.3, -0.25) is 0 Å². The summed E-state index contributed by atoms with van der Waals surface area (Å²) in [6.45, 7) is 4.24. The van der Waals surface area contributed by atoms with Gasteiger partial charge in [0, 0.05) is 12.1 Å². The van der Waals surface area contributed by atoms with Crippen LogP contribution in [0.15, 0.2) is 42.5 Å². The molecule has 4 heteroatoms. The van der Waals surface area contributed by atoms with Crippen LogP contribution in [-0.4, -0.2) is 13.7 Å². The third kappa shape index (κ3) is 6.68. The van der Waals surface area contributed by atoms with Crippen molar-refractivity contribution in [2.75, 3.05) is 13.7 Å². The van der Waals surface area contributed by atoms with E-state index >= 15 is 0 Å². The lowest BCUT2D eigenvalue weighted by molar-refractivity contribution is 0.279. The Kier molecular flexibility index (Phi) is 8.98. The molecule has 0 heterocycles. The molecule has 2 rings (SSSR count). The first-order valence-corrected chi connectivity index (χ1v) is 9.48. The molecule has 0 aliphatic carbocycles. The number of ether oxygens (including phenoxy) is 2. The van der Waals surface area contributed by atoms with E-state index in [1.54, 1.807) is 25.3 Å². The van der Waals surface area contributed by atoms with Crippen molar-refractivity contribution in [1.82, 2.24) is 5.32 Å². The fraction of sp³-hybridized carbons (Fsp3) is 0.455. The van der Waals surface area contributed by atoms with Gasteiger partial charge >= 0.3 is 0 Å². The van der Waals surface area contributed by atoms with Crippen LogP contribution < -0.4 is 14.8 Å². The van der Waals surface area contributed by atoms with Crippen LogP contribution in [0.3, 0.4) is 0 Å². The van der Waals surface area contributed by atoms with Crippen molar-refractivity contribution in [3.63, 3.8) is 0 Å². The zero-order valence-corrected chi connectivity index (χ0v) is 15.9. The van der Waals surface area contributed by atoms with E-state index in [-0.39, 0.29) is 12.4 Å². The van der Waals surface area contributed by atoms with Gasteiger partial charge < -0.3 is 14.8 Å². The first-order valence-electron chi connectivity index (χ1n) is 9.48. The fourth-order valence-corrected chi connectivity index (χ4v) is 2.80. The summed E-state index contributed by atoms with van der Waals surface area (Å²) < 4.78 is 24.9. The summed E-state index contributed by atoms with van der Waals surface area (Å²) in [4.78, 5) is 0. The van der Waals surface area contributed by atoms with Gasteiger partial charge in [-0.25, -0.2) is 4.39 Å². The van der Waals surface area contributed by atoms with Gasteiger partial charge in [-0.1, -0.05) is 56.9 Å². The first kappa shape index (κ1) is 20.2. The molecule has 3 nitrogen and oxygen atoms in total. The fourth-order valence-electron chi connectivity index (χ4n) is 2.80. The Morgan fingerprint density at radius 1 is 0.962 bits per heavy atom. The Morgan fingerprint density at radius 2 is 1.77 bits per heavy atom. The number of nitrogens with one attached hydrogen (secondary N) is 1. The molecule has 1 N–H and O–H groups in total. The zero-order chi connectivity index (χ0) is 18.6. The van der Waals surface area contributed by atoms with Crippen LogP contribution in [0.1, 0.15) is 50.2 Å². The lowest BCUT2D eigenvalue weighted by Gasteiger charge is -2.13. The van der Waals surface area contributed by atoms with E-state index < -0.39 is 0 Å². The van der Waals surface area contributed by atoms with E-state index in [9.17, 15) is 4.39 Å². The molecule has 0 amide bonds. The second-order valence-corrected chi connectivity index (χ2v) is 6.46. The molecule has 0 aliphatic rings. The van der Waals surface area contributed by atoms with Gasteiger partial charge in [0.05, 0.1) is 7.11 Å². The average Bonchev–Trinajstić information content (AvgIpc) is 2.67. The Morgan fingerprint density at radius 3 is 2.54 bits per heavy atom. The van der Waals surface area contributed by atoms with E-state index in [4.69, 9.17) is 9.47 Å². The van der Waals surface area contributed by atoms with Crippen molar-refractivity contribution >= 4 is 0 Å². The minimum Gasteiger partial charge on any atom is -0.493 e. The number of rotatable bonds is 12. The average molecular weight is 359 g/mol. The Hall–Kier alpha value is -2.07. The van der Waals surface area contributed by atoms with Crippen molar-refractivity contribution in [3.05, 3.63) is 59.4 Å². The Labute approximate surface area is 156 Å². The highest BCUT2D eigenvalue weighted by Crippen LogP contribution is 2.29. The summed E-state index contributed by atoms with van der Waals surface area (Å²) in [7, 11) is 1.62. The van der Waals surface area contributed by atoms with Crippen LogP contribution in [0.4, 0.5) is 4.39 Å². The molecule has 0 aromatic heterocycles. The van der Waals surface area contributed by atoms with E-state index in [2.05, 4.69) is 12.2 Å². The number of hydrogen-bond acceptors (Lipinski definition) is 3. The molecule has 2 aromatic carbocycles. The summed E-state index contributed by atoms with van der Waals surface area (Å²) in [5.74, 6) is 1.04. The van der Waals surface area contributed by atoms with E-state index in [1.165, 1.54) is 38.2 Å². The second kappa shape index (κ2) is 11.5. The standard InChI is InChI=1S/C22H30FNO2/c1-3-4-5-6-9-14-24-16-18-12-13-21(22(15-18)25-2)26-17-19-10-7-8-11-20(19)23/h7-8,10-13,15,24H,3-6,9,14,16-17H2,1-2H3. The Bertz CT molecular complexity index is 660. The maximum atomic E-state index is 13.7. The van der Waals surface area contributed by atoms with Gasteiger partial charge in [0.1, 0.15) is 12.4 Å². The van der Waals surface area contributed by atoms with Crippen LogP contribution in [0.2, 0.25) is 0 Å². The maximum Gasteiger partial charge on any atom is 0.161 e. The largest absolute Gasteiger partial charge is 0.493 e. The minimum atomic E-state index is -0.258. The number of methoxy groups -OCH3 is 1. The van der Waals surface area contributed by atoms with Crippen LogP contribution in [0, 0.1) is 5.82 Å². The molecule has 0 fully saturated rings. The number of benzene rings is 2. The SMILES string of the molecule is CCCCCCCNCc1ccc(OCc2ccccc2F)c(OC)c1. The van der Waals surface area contributed by atoms with Gasteiger partial charge in [0.15, 0.2) is 11.5 Å². The minimum absolute atomic E-state index is 0.179. The highest BCUT2D eigenvalue weighted by Gasteiger charge is 2.08. The molecule has 26 heavy (non-hydrogen) atoms. The molecule has 142 valence electrons. The third-order valence-corrected chi connectivity index (χ3v) is 4.36. The topological polar surface area (TPSA) is 30.5 Å². The first-order chi connectivity index (χ1) is 12.7. The zero-order valence-electron chi connectivity index (χ0n) is 15.9. The van der Waals surface area contributed by atoms with E-state index in [0.717, 1.165) is 18.7 Å². The third-order valence-electron chi connectivity index (χ3n) is 4.36. The predicted octanol–water partition coefficient (Wildman–Crippen LogP) is 5.47. The lowest BCUT2D eigenvalue weighted by atomic mass is 10.1. The maximum absolute atomic E-state index is 13.7. The second-order valence-electron chi connectivity index (χ2n) is 6.46. The summed E-state index contributed by atoms with van der Waals surface area (Å²) in [5, 5.41) is 3.47. The Balaban J connectivity index is 1.82. The normalized spacial score (nSPS) is 10.7. The van der Waals surface area contributed by atoms with Crippen molar-refractivity contribution in [2.45, 2.75) is 52.2 Å². The molecule has 0 radical (unpaired) electrons. The summed E-state index contributed by atoms with van der Waals surface area (Å²) in [6, 6.07) is 12.5. The van der Waals surface area contributed by atoms with Crippen LogP contribution in [0.25, 0.3) is 0 Å². The predicted molar refractivity (Wildman–Crippen MR) is 104 cm³/mol. The van der Waals surface area contributed by atoms with E-state index in [1.807, 2.05) is 18.2 Å². The summed E-state index contributed by atoms with van der Waals surface area (Å²) in [5.41, 5.74) is 1.68. The van der Waals surface area contributed by atoms with Crippen molar-refractivity contribution < 1.29 is 13.9 Å². The van der Waals surface area contributed by atoms with Crippen LogP contribution in [0.5, 0.6) is 11.5 Å². The molecular formula is C22H30FNO2. The number of hydrogen-bond donors (Lipinski definition) is 1. The molecule has 0 aliphatic heterocycles. The summed E-state index contributed by atoms with van der Waals surface area (Å²) in [6.07, 6.45) is 6.41. The van der Waals surface area contributed by atoms with Crippen molar-refractivity contribution in [2.24, 2.45) is 0 Å². The lowest BCUT2D eigenvalue weighted by Crippen LogP contribution is -2.14. The summed E-state index contributed by atoms with van der Waals surface area (Å²) >= 11 is 0. The molecule has 0 unspecified atom stereocenters. The molecular weight excluding hydrogens is 329 g/mol. The monoisotopic (exact) mass is 359 g/mol. The number of halogens is 1. The molecule has 0 spiro atoms. The molecule has 0 atom stereocenters. The van der Waals surface area contributed by atoms with Crippen LogP contribution >= 0.6 is 0 Å². The molecule has 0 saturated carbocycles. The van der Waals surface area contributed by atoms with Gasteiger partial charge in [-0.05, 0) is 36.7 Å².